The van der Waals surface area contributed by atoms with Gasteiger partial charge in [0, 0.05) is 24.5 Å². The molecule has 160 valence electrons. The van der Waals surface area contributed by atoms with Gasteiger partial charge in [0.05, 0.1) is 13.2 Å². The van der Waals surface area contributed by atoms with Crippen LogP contribution in [0.4, 0.5) is 0 Å². The van der Waals surface area contributed by atoms with Crippen molar-refractivity contribution in [2.75, 3.05) is 7.11 Å². The first-order valence-electron chi connectivity index (χ1n) is 9.64. The van der Waals surface area contributed by atoms with Crippen molar-refractivity contribution in [3.63, 3.8) is 0 Å². The first kappa shape index (κ1) is 21.6. The summed E-state index contributed by atoms with van der Waals surface area (Å²) in [6, 6.07) is 4.64. The summed E-state index contributed by atoms with van der Waals surface area (Å²) in [4.78, 5) is 35.8. The molecule has 2 aliphatic rings. The summed E-state index contributed by atoms with van der Waals surface area (Å²) >= 11 is 0. The number of ketones is 1. The third-order valence-corrected chi connectivity index (χ3v) is 5.22. The molecular formula is C22H24O8. The number of cyclic esters (lactones) is 1. The van der Waals surface area contributed by atoms with Gasteiger partial charge in [-0.25, -0.2) is 9.59 Å². The van der Waals surface area contributed by atoms with E-state index in [1.54, 1.807) is 18.2 Å². The third-order valence-electron chi connectivity index (χ3n) is 5.22. The molecule has 5 atom stereocenters. The molecule has 1 aromatic rings. The second-order valence-electron chi connectivity index (χ2n) is 7.36. The average molecular weight is 416 g/mol. The van der Waals surface area contributed by atoms with Gasteiger partial charge in [-0.1, -0.05) is 12.1 Å². The van der Waals surface area contributed by atoms with E-state index in [4.69, 9.17) is 14.2 Å². The highest BCUT2D eigenvalue weighted by molar-refractivity contribution is 5.93. The van der Waals surface area contributed by atoms with Crippen LogP contribution in [0.1, 0.15) is 25.3 Å². The van der Waals surface area contributed by atoms with Gasteiger partial charge >= 0.3 is 11.9 Å². The molecule has 3 rings (SSSR count). The Hall–Kier alpha value is -3.13. The molecule has 0 saturated heterocycles. The van der Waals surface area contributed by atoms with Crippen LogP contribution >= 0.6 is 0 Å². The maximum absolute atomic E-state index is 12.5. The highest BCUT2D eigenvalue weighted by atomic mass is 16.6. The summed E-state index contributed by atoms with van der Waals surface area (Å²) in [6.45, 7) is 1.48. The Balaban J connectivity index is 1.49. The van der Waals surface area contributed by atoms with Crippen molar-refractivity contribution in [2.45, 2.75) is 38.1 Å². The van der Waals surface area contributed by atoms with Crippen molar-refractivity contribution in [1.82, 2.24) is 0 Å². The van der Waals surface area contributed by atoms with Gasteiger partial charge in [0.25, 0.3) is 0 Å². The molecule has 1 fully saturated rings. The van der Waals surface area contributed by atoms with Crippen LogP contribution in [0.25, 0.3) is 6.08 Å². The fraction of sp³-hybridized carbons (Fsp3) is 0.409. The van der Waals surface area contributed by atoms with Gasteiger partial charge in [-0.05, 0) is 43.0 Å². The standard InChI is InChI=1S/C22H24O8/c1-12(29-20(25)9-7-13-6-8-17(28-2)16(23)10-13)21(26)14-11-15(14)22(27)18-4-3-5-19(24)30-18/h3,5-10,12,14-15,18,22-23,27H,4,11H2,1-2H3/b9-7+/t12-,14-,15-,18+,22-/m0/s1. The molecule has 0 aromatic heterocycles. The lowest BCUT2D eigenvalue weighted by Gasteiger charge is -2.24. The minimum Gasteiger partial charge on any atom is -0.504 e. The molecule has 0 amide bonds. The number of benzene rings is 1. The summed E-state index contributed by atoms with van der Waals surface area (Å²) in [5.41, 5.74) is 0.561. The Labute approximate surface area is 173 Å². The fourth-order valence-corrected chi connectivity index (χ4v) is 3.49. The van der Waals surface area contributed by atoms with Crippen LogP contribution in [-0.2, 0) is 23.9 Å². The predicted octanol–water partition coefficient (Wildman–Crippen LogP) is 1.78. The molecule has 30 heavy (non-hydrogen) atoms. The van der Waals surface area contributed by atoms with Crippen molar-refractivity contribution in [1.29, 1.82) is 0 Å². The molecule has 8 nitrogen and oxygen atoms in total. The van der Waals surface area contributed by atoms with Gasteiger partial charge in [-0.3, -0.25) is 4.79 Å². The number of aliphatic hydroxyl groups excluding tert-OH is 1. The van der Waals surface area contributed by atoms with E-state index in [0.29, 0.717) is 24.2 Å². The summed E-state index contributed by atoms with van der Waals surface area (Å²) in [5.74, 6) is -1.98. The molecule has 1 aliphatic carbocycles. The summed E-state index contributed by atoms with van der Waals surface area (Å²) in [5, 5.41) is 20.1. The zero-order chi connectivity index (χ0) is 21.8. The number of esters is 2. The lowest BCUT2D eigenvalue weighted by Crippen LogP contribution is -2.35. The van der Waals surface area contributed by atoms with Gasteiger partial charge in [-0.2, -0.15) is 0 Å². The summed E-state index contributed by atoms with van der Waals surface area (Å²) < 4.78 is 15.2. The Kier molecular flexibility index (Phi) is 6.56. The third kappa shape index (κ3) is 5.07. The van der Waals surface area contributed by atoms with Crippen molar-refractivity contribution in [3.8, 4) is 11.5 Å². The van der Waals surface area contributed by atoms with Crippen molar-refractivity contribution in [2.24, 2.45) is 11.8 Å². The number of rotatable bonds is 8. The second kappa shape index (κ2) is 9.13. The Morgan fingerprint density at radius 3 is 2.77 bits per heavy atom. The molecule has 1 aliphatic heterocycles. The van der Waals surface area contributed by atoms with Crippen molar-refractivity contribution in [3.05, 3.63) is 42.0 Å². The van der Waals surface area contributed by atoms with Crippen LogP contribution in [-0.4, -0.2) is 53.4 Å². The molecule has 8 heteroatoms. The maximum atomic E-state index is 12.5. The molecular weight excluding hydrogens is 392 g/mol. The topological polar surface area (TPSA) is 119 Å². The minimum atomic E-state index is -0.970. The molecule has 0 spiro atoms. The zero-order valence-corrected chi connectivity index (χ0v) is 16.7. The van der Waals surface area contributed by atoms with E-state index >= 15 is 0 Å². The predicted molar refractivity (Wildman–Crippen MR) is 105 cm³/mol. The van der Waals surface area contributed by atoms with E-state index in [1.165, 1.54) is 32.3 Å². The number of hydrogen-bond donors (Lipinski definition) is 2. The van der Waals surface area contributed by atoms with Crippen molar-refractivity contribution >= 4 is 23.8 Å². The van der Waals surface area contributed by atoms with Crippen LogP contribution in [0.3, 0.4) is 0 Å². The Morgan fingerprint density at radius 1 is 1.33 bits per heavy atom. The van der Waals surface area contributed by atoms with Gasteiger partial charge in [0.1, 0.15) is 6.10 Å². The molecule has 1 heterocycles. The monoisotopic (exact) mass is 416 g/mol. The highest BCUT2D eigenvalue weighted by Crippen LogP contribution is 2.45. The molecule has 2 N–H and O–H groups in total. The van der Waals surface area contributed by atoms with E-state index in [1.807, 2.05) is 0 Å². The van der Waals surface area contributed by atoms with Crippen LogP contribution < -0.4 is 4.74 Å². The largest absolute Gasteiger partial charge is 0.504 e. The molecule has 1 aromatic carbocycles. The van der Waals surface area contributed by atoms with Crippen LogP contribution in [0.15, 0.2) is 36.4 Å². The molecule has 1 saturated carbocycles. The lowest BCUT2D eigenvalue weighted by atomic mass is 10.0. The van der Waals surface area contributed by atoms with E-state index in [0.717, 1.165) is 6.08 Å². The van der Waals surface area contributed by atoms with E-state index in [-0.39, 0.29) is 17.5 Å². The Morgan fingerprint density at radius 2 is 2.10 bits per heavy atom. The number of ether oxygens (including phenoxy) is 3. The number of hydrogen-bond acceptors (Lipinski definition) is 8. The lowest BCUT2D eigenvalue weighted by molar-refractivity contribution is -0.152. The summed E-state index contributed by atoms with van der Waals surface area (Å²) in [6.07, 6.45) is 3.86. The second-order valence-corrected chi connectivity index (χ2v) is 7.36. The maximum Gasteiger partial charge on any atom is 0.331 e. The number of Topliss-reactive ketones (excluding diaryl/α,β-unsaturated/α-hetero) is 1. The number of phenols is 1. The highest BCUT2D eigenvalue weighted by Gasteiger charge is 2.51. The number of aromatic hydroxyl groups is 1. The van der Waals surface area contributed by atoms with E-state index < -0.39 is 36.2 Å². The number of carbonyl (C=O) groups is 3. The zero-order valence-electron chi connectivity index (χ0n) is 16.7. The van der Waals surface area contributed by atoms with Crippen molar-refractivity contribution < 1.29 is 38.8 Å². The number of phenolic OH excluding ortho intramolecular Hbond substituents is 1. The van der Waals surface area contributed by atoms with Crippen LogP contribution in [0, 0.1) is 11.8 Å². The fourth-order valence-electron chi connectivity index (χ4n) is 3.49. The molecule has 0 bridgehead atoms. The quantitative estimate of drug-likeness (QED) is 0.486. The normalized spacial score (nSPS) is 24.8. The SMILES string of the molecule is COc1ccc(/C=C/C(=O)O[C@@H](C)C(=O)[C@H]2C[C@@H]2[C@H](O)[C@H]2CC=CC(=O)O2)cc1O. The average Bonchev–Trinajstić information content (AvgIpc) is 3.52. The first-order chi connectivity index (χ1) is 14.3. The summed E-state index contributed by atoms with van der Waals surface area (Å²) in [7, 11) is 1.43. The van der Waals surface area contributed by atoms with Gasteiger partial charge in [0.15, 0.2) is 23.4 Å². The van der Waals surface area contributed by atoms with Crippen LogP contribution in [0.5, 0.6) is 11.5 Å². The first-order valence-corrected chi connectivity index (χ1v) is 9.64. The number of carbonyl (C=O) groups excluding carboxylic acids is 3. The number of aliphatic hydroxyl groups is 1. The van der Waals surface area contributed by atoms with Crippen LogP contribution in [0.2, 0.25) is 0 Å². The molecule has 0 unspecified atom stereocenters. The van der Waals surface area contributed by atoms with Gasteiger partial charge < -0.3 is 24.4 Å². The van der Waals surface area contributed by atoms with E-state index in [2.05, 4.69) is 0 Å². The molecule has 0 radical (unpaired) electrons. The van der Waals surface area contributed by atoms with Gasteiger partial charge in [-0.15, -0.1) is 0 Å². The smallest absolute Gasteiger partial charge is 0.331 e. The minimum absolute atomic E-state index is 0.0611. The van der Waals surface area contributed by atoms with E-state index in [9.17, 15) is 24.6 Å². The number of methoxy groups -OCH3 is 1. The van der Waals surface area contributed by atoms with Gasteiger partial charge in [0.2, 0.25) is 0 Å². The Bertz CT molecular complexity index is 887.